The number of guanidine groups is 1. The maximum atomic E-state index is 5.37. The molecule has 0 radical (unpaired) electrons. The third-order valence-corrected chi connectivity index (χ3v) is 4.31. The fourth-order valence-corrected chi connectivity index (χ4v) is 2.91. The van der Waals surface area contributed by atoms with Gasteiger partial charge in [-0.1, -0.05) is 44.2 Å². The molecule has 1 aromatic rings. The first-order chi connectivity index (χ1) is 11.6. The summed E-state index contributed by atoms with van der Waals surface area (Å²) >= 11 is 0. The highest BCUT2D eigenvalue weighted by Gasteiger charge is 2.19. The normalized spacial score (nSPS) is 16.2. The molecule has 6 heteroatoms. The molecule has 0 bridgehead atoms. The van der Waals surface area contributed by atoms with Gasteiger partial charge in [0.2, 0.25) is 0 Å². The summed E-state index contributed by atoms with van der Waals surface area (Å²) in [5.74, 6) is 0.879. The number of nitrogens with zero attached hydrogens (tertiary/aromatic N) is 2. The molecule has 2 rings (SSSR count). The second-order valence-electron chi connectivity index (χ2n) is 7.13. The van der Waals surface area contributed by atoms with Crippen molar-refractivity contribution >= 4 is 29.9 Å². The van der Waals surface area contributed by atoms with Gasteiger partial charge >= 0.3 is 0 Å². The van der Waals surface area contributed by atoms with Crippen LogP contribution in [0.1, 0.15) is 19.4 Å². The van der Waals surface area contributed by atoms with E-state index in [0.29, 0.717) is 0 Å². The Balaban J connectivity index is 0.00000312. The predicted octanol–water partition coefficient (Wildman–Crippen LogP) is 2.37. The third-order valence-electron chi connectivity index (χ3n) is 4.31. The molecule has 1 heterocycles. The molecule has 0 saturated carbocycles. The molecular formula is C19H33IN4O. The molecular weight excluding hydrogens is 427 g/mol. The Kier molecular flexibility index (Phi) is 10.4. The summed E-state index contributed by atoms with van der Waals surface area (Å²) in [5, 5.41) is 6.87. The van der Waals surface area contributed by atoms with Gasteiger partial charge in [0.15, 0.2) is 5.96 Å². The van der Waals surface area contributed by atoms with E-state index < -0.39 is 0 Å². The van der Waals surface area contributed by atoms with Gasteiger partial charge in [-0.25, -0.2) is 0 Å². The van der Waals surface area contributed by atoms with Crippen molar-refractivity contribution in [1.29, 1.82) is 0 Å². The predicted molar refractivity (Wildman–Crippen MR) is 116 cm³/mol. The molecule has 0 aromatic heterocycles. The van der Waals surface area contributed by atoms with Crippen LogP contribution in [0.2, 0.25) is 0 Å². The summed E-state index contributed by atoms with van der Waals surface area (Å²) in [4.78, 5) is 6.75. The maximum Gasteiger partial charge on any atom is 0.191 e. The zero-order valence-corrected chi connectivity index (χ0v) is 18.1. The third kappa shape index (κ3) is 8.87. The summed E-state index contributed by atoms with van der Waals surface area (Å²) in [6.07, 6.45) is 1.05. The number of hydrogen-bond donors (Lipinski definition) is 2. The molecule has 2 N–H and O–H groups in total. The fourth-order valence-electron chi connectivity index (χ4n) is 2.91. The molecule has 0 unspecified atom stereocenters. The number of hydrogen-bond acceptors (Lipinski definition) is 3. The largest absolute Gasteiger partial charge is 0.379 e. The van der Waals surface area contributed by atoms with E-state index in [1.165, 1.54) is 5.56 Å². The minimum absolute atomic E-state index is 0. The highest BCUT2D eigenvalue weighted by atomic mass is 127. The van der Waals surface area contributed by atoms with E-state index >= 15 is 0 Å². The number of rotatable bonds is 7. The van der Waals surface area contributed by atoms with E-state index in [9.17, 15) is 0 Å². The zero-order valence-electron chi connectivity index (χ0n) is 15.8. The number of nitrogens with one attached hydrogen (secondary N) is 2. The average molecular weight is 460 g/mol. The van der Waals surface area contributed by atoms with Crippen molar-refractivity contribution in [3.63, 3.8) is 0 Å². The van der Waals surface area contributed by atoms with Crippen LogP contribution in [-0.2, 0) is 11.2 Å². The molecule has 1 aromatic carbocycles. The molecule has 142 valence electrons. The van der Waals surface area contributed by atoms with Crippen molar-refractivity contribution in [3.8, 4) is 0 Å². The molecule has 1 saturated heterocycles. The molecule has 5 nitrogen and oxygen atoms in total. The van der Waals surface area contributed by atoms with Crippen molar-refractivity contribution in [3.05, 3.63) is 35.9 Å². The van der Waals surface area contributed by atoms with Gasteiger partial charge in [-0.05, 0) is 17.4 Å². The smallest absolute Gasteiger partial charge is 0.191 e. The van der Waals surface area contributed by atoms with Gasteiger partial charge in [0, 0.05) is 39.8 Å². The summed E-state index contributed by atoms with van der Waals surface area (Å²) in [7, 11) is 1.83. The lowest BCUT2D eigenvalue weighted by atomic mass is 9.86. The van der Waals surface area contributed by atoms with Crippen LogP contribution in [0.5, 0.6) is 0 Å². The van der Waals surface area contributed by atoms with Crippen LogP contribution in [0, 0.1) is 5.41 Å². The molecule has 25 heavy (non-hydrogen) atoms. The molecule has 0 spiro atoms. The SMILES string of the molecule is CN=C(NCCN1CCOCC1)NCC(C)(C)Cc1ccccc1.I. The number of halogens is 1. The van der Waals surface area contributed by atoms with Crippen LogP contribution < -0.4 is 10.6 Å². The Bertz CT molecular complexity index is 501. The van der Waals surface area contributed by atoms with Crippen LogP contribution in [0.3, 0.4) is 0 Å². The van der Waals surface area contributed by atoms with Crippen LogP contribution in [-0.4, -0.2) is 63.8 Å². The summed E-state index contributed by atoms with van der Waals surface area (Å²) in [6.45, 7) is 11.1. The van der Waals surface area contributed by atoms with E-state index in [2.05, 4.69) is 64.7 Å². The standard InChI is InChI=1S/C19H32N4O.HI/c1-19(2,15-17-7-5-4-6-8-17)16-22-18(20-3)21-9-10-23-11-13-24-14-12-23;/h4-8H,9-16H2,1-3H3,(H2,20,21,22);1H. The van der Waals surface area contributed by atoms with Crippen LogP contribution in [0.15, 0.2) is 35.3 Å². The van der Waals surface area contributed by atoms with Gasteiger partial charge in [-0.3, -0.25) is 9.89 Å². The molecule has 1 fully saturated rings. The first-order valence-electron chi connectivity index (χ1n) is 8.88. The van der Waals surface area contributed by atoms with Crippen molar-refractivity contribution in [2.45, 2.75) is 20.3 Å². The first-order valence-corrected chi connectivity index (χ1v) is 8.88. The van der Waals surface area contributed by atoms with Gasteiger partial charge in [0.25, 0.3) is 0 Å². The highest BCUT2D eigenvalue weighted by molar-refractivity contribution is 14.0. The topological polar surface area (TPSA) is 48.9 Å². The Morgan fingerprint density at radius 2 is 1.84 bits per heavy atom. The van der Waals surface area contributed by atoms with Crippen molar-refractivity contribution in [2.75, 3.05) is 53.0 Å². The summed E-state index contributed by atoms with van der Waals surface area (Å²) < 4.78 is 5.37. The minimum Gasteiger partial charge on any atom is -0.379 e. The van der Waals surface area contributed by atoms with Crippen LogP contribution in [0.4, 0.5) is 0 Å². The van der Waals surface area contributed by atoms with Crippen molar-refractivity contribution < 1.29 is 4.74 Å². The quantitative estimate of drug-likeness (QED) is 0.373. The Morgan fingerprint density at radius 1 is 1.16 bits per heavy atom. The second-order valence-corrected chi connectivity index (χ2v) is 7.13. The van der Waals surface area contributed by atoms with Gasteiger partial charge in [0.1, 0.15) is 0 Å². The van der Waals surface area contributed by atoms with E-state index in [1.807, 2.05) is 7.05 Å². The molecule has 0 atom stereocenters. The van der Waals surface area contributed by atoms with Gasteiger partial charge in [0.05, 0.1) is 13.2 Å². The highest BCUT2D eigenvalue weighted by Crippen LogP contribution is 2.20. The summed E-state index contributed by atoms with van der Waals surface area (Å²) in [6, 6.07) is 10.7. The molecule has 0 amide bonds. The lowest BCUT2D eigenvalue weighted by molar-refractivity contribution is 0.0389. The minimum atomic E-state index is 0. The van der Waals surface area contributed by atoms with E-state index in [-0.39, 0.29) is 29.4 Å². The number of aliphatic imine (C=N–C) groups is 1. The monoisotopic (exact) mass is 460 g/mol. The Hall–Kier alpha value is -0.860. The lowest BCUT2D eigenvalue weighted by Crippen LogP contribution is -2.46. The van der Waals surface area contributed by atoms with Gasteiger partial charge in [-0.15, -0.1) is 24.0 Å². The zero-order chi connectivity index (χ0) is 17.3. The number of morpholine rings is 1. The Labute approximate surface area is 169 Å². The van der Waals surface area contributed by atoms with E-state index in [4.69, 9.17) is 4.74 Å². The average Bonchev–Trinajstić information content (AvgIpc) is 2.59. The maximum absolute atomic E-state index is 5.37. The van der Waals surface area contributed by atoms with Crippen molar-refractivity contribution in [1.82, 2.24) is 15.5 Å². The Morgan fingerprint density at radius 3 is 2.48 bits per heavy atom. The second kappa shape index (κ2) is 11.7. The van der Waals surface area contributed by atoms with Gasteiger partial charge in [-0.2, -0.15) is 0 Å². The molecule has 1 aliphatic rings. The van der Waals surface area contributed by atoms with Crippen molar-refractivity contribution in [2.24, 2.45) is 10.4 Å². The summed E-state index contributed by atoms with van der Waals surface area (Å²) in [5.41, 5.74) is 1.54. The fraction of sp³-hybridized carbons (Fsp3) is 0.632. The number of benzene rings is 1. The van der Waals surface area contributed by atoms with E-state index in [1.54, 1.807) is 0 Å². The van der Waals surface area contributed by atoms with Crippen LogP contribution in [0.25, 0.3) is 0 Å². The first kappa shape index (κ1) is 22.2. The van der Waals surface area contributed by atoms with Crippen LogP contribution >= 0.6 is 24.0 Å². The number of ether oxygens (including phenoxy) is 1. The lowest BCUT2D eigenvalue weighted by Gasteiger charge is -2.28. The molecule has 0 aliphatic carbocycles. The van der Waals surface area contributed by atoms with Gasteiger partial charge < -0.3 is 15.4 Å². The molecule has 1 aliphatic heterocycles. The van der Waals surface area contributed by atoms with E-state index in [0.717, 1.165) is 58.3 Å².